The van der Waals surface area contributed by atoms with Crippen LogP contribution in [0.1, 0.15) is 41.1 Å². The largest absolute Gasteiger partial charge is 0.303 e. The van der Waals surface area contributed by atoms with Crippen molar-refractivity contribution in [2.45, 2.75) is 37.8 Å². The predicted octanol–water partition coefficient (Wildman–Crippen LogP) is 3.63. The van der Waals surface area contributed by atoms with Crippen molar-refractivity contribution >= 4 is 0 Å². The SMILES string of the molecule is c1ccc2c(c1)CCc1ccccc1C2NC1CC1. The second-order valence-electron chi connectivity index (χ2n) is 5.77. The fourth-order valence-corrected chi connectivity index (χ4v) is 3.19. The maximum absolute atomic E-state index is 3.85. The van der Waals surface area contributed by atoms with Crippen molar-refractivity contribution in [1.82, 2.24) is 5.32 Å². The van der Waals surface area contributed by atoms with Crippen LogP contribution >= 0.6 is 0 Å². The summed E-state index contributed by atoms with van der Waals surface area (Å²) in [4.78, 5) is 0. The van der Waals surface area contributed by atoms with Gasteiger partial charge in [-0.15, -0.1) is 0 Å². The summed E-state index contributed by atoms with van der Waals surface area (Å²) in [5.74, 6) is 0. The number of benzene rings is 2. The van der Waals surface area contributed by atoms with E-state index in [0.29, 0.717) is 6.04 Å². The molecule has 0 unspecified atom stereocenters. The molecule has 2 aliphatic rings. The minimum absolute atomic E-state index is 0.391. The summed E-state index contributed by atoms with van der Waals surface area (Å²) in [6.45, 7) is 0. The highest BCUT2D eigenvalue weighted by molar-refractivity contribution is 5.44. The summed E-state index contributed by atoms with van der Waals surface area (Å²) in [5, 5.41) is 3.85. The van der Waals surface area contributed by atoms with Gasteiger partial charge in [0.1, 0.15) is 0 Å². The maximum Gasteiger partial charge on any atom is 0.0584 e. The molecular formula is C18H19N. The Morgan fingerprint density at radius 2 is 1.26 bits per heavy atom. The lowest BCUT2D eigenvalue weighted by atomic mass is 9.94. The molecule has 19 heavy (non-hydrogen) atoms. The van der Waals surface area contributed by atoms with Crippen LogP contribution in [0.4, 0.5) is 0 Å². The average molecular weight is 249 g/mol. The molecule has 2 aliphatic carbocycles. The molecule has 1 fully saturated rings. The molecular weight excluding hydrogens is 230 g/mol. The zero-order chi connectivity index (χ0) is 12.7. The topological polar surface area (TPSA) is 12.0 Å². The van der Waals surface area contributed by atoms with E-state index in [2.05, 4.69) is 53.8 Å². The summed E-state index contributed by atoms with van der Waals surface area (Å²) >= 11 is 0. The smallest absolute Gasteiger partial charge is 0.0584 e. The number of hydrogen-bond donors (Lipinski definition) is 1. The minimum atomic E-state index is 0.391. The Hall–Kier alpha value is -1.60. The normalized spacial score (nSPS) is 18.5. The lowest BCUT2D eigenvalue weighted by molar-refractivity contribution is 0.599. The Kier molecular flexibility index (Phi) is 2.66. The van der Waals surface area contributed by atoms with Gasteiger partial charge in [0, 0.05) is 6.04 Å². The van der Waals surface area contributed by atoms with Crippen molar-refractivity contribution in [3.63, 3.8) is 0 Å². The van der Waals surface area contributed by atoms with Gasteiger partial charge in [0.25, 0.3) is 0 Å². The summed E-state index contributed by atoms with van der Waals surface area (Å²) in [7, 11) is 0. The van der Waals surface area contributed by atoms with Gasteiger partial charge >= 0.3 is 0 Å². The molecule has 0 atom stereocenters. The van der Waals surface area contributed by atoms with Crippen LogP contribution in [-0.4, -0.2) is 6.04 Å². The maximum atomic E-state index is 3.85. The summed E-state index contributed by atoms with van der Waals surface area (Å²) in [6.07, 6.45) is 4.99. The van der Waals surface area contributed by atoms with Gasteiger partial charge in [-0.3, -0.25) is 0 Å². The Bertz CT molecular complexity index is 551. The van der Waals surface area contributed by atoms with Gasteiger partial charge in [-0.05, 0) is 47.9 Å². The number of fused-ring (bicyclic) bond motifs is 2. The fourth-order valence-electron chi connectivity index (χ4n) is 3.19. The van der Waals surface area contributed by atoms with Gasteiger partial charge in [-0.2, -0.15) is 0 Å². The first-order chi connectivity index (χ1) is 9.42. The number of rotatable bonds is 2. The third-order valence-electron chi connectivity index (χ3n) is 4.38. The highest BCUT2D eigenvalue weighted by Gasteiger charge is 2.29. The Morgan fingerprint density at radius 1 is 0.737 bits per heavy atom. The predicted molar refractivity (Wildman–Crippen MR) is 78.3 cm³/mol. The minimum Gasteiger partial charge on any atom is -0.303 e. The molecule has 0 spiro atoms. The molecule has 2 aromatic rings. The van der Waals surface area contributed by atoms with Crippen molar-refractivity contribution in [3.8, 4) is 0 Å². The van der Waals surface area contributed by atoms with Crippen molar-refractivity contribution in [3.05, 3.63) is 70.8 Å². The van der Waals surface area contributed by atoms with Crippen LogP contribution in [0.5, 0.6) is 0 Å². The first kappa shape index (κ1) is 11.2. The molecule has 0 heterocycles. The zero-order valence-corrected chi connectivity index (χ0v) is 11.1. The molecule has 96 valence electrons. The van der Waals surface area contributed by atoms with Gasteiger partial charge in [-0.25, -0.2) is 0 Å². The highest BCUT2D eigenvalue weighted by Crippen LogP contribution is 2.35. The van der Waals surface area contributed by atoms with E-state index in [0.717, 1.165) is 18.9 Å². The molecule has 0 saturated heterocycles. The van der Waals surface area contributed by atoms with Crippen molar-refractivity contribution < 1.29 is 0 Å². The Balaban J connectivity index is 1.84. The van der Waals surface area contributed by atoms with Crippen LogP contribution in [0.2, 0.25) is 0 Å². The molecule has 4 rings (SSSR count). The first-order valence-electron chi connectivity index (χ1n) is 7.33. The Morgan fingerprint density at radius 3 is 1.79 bits per heavy atom. The summed E-state index contributed by atoms with van der Waals surface area (Å²) < 4.78 is 0. The molecule has 1 heteroatoms. The van der Waals surface area contributed by atoms with Crippen LogP contribution < -0.4 is 5.32 Å². The molecule has 0 radical (unpaired) electrons. The standard InChI is InChI=1S/C18H19N/c1-3-7-16-13(5-1)9-10-14-6-2-4-8-17(14)18(16)19-15-11-12-15/h1-8,15,18-19H,9-12H2. The van der Waals surface area contributed by atoms with Gasteiger partial charge in [0.15, 0.2) is 0 Å². The monoisotopic (exact) mass is 249 g/mol. The van der Waals surface area contributed by atoms with Crippen molar-refractivity contribution in [1.29, 1.82) is 0 Å². The second-order valence-corrected chi connectivity index (χ2v) is 5.77. The number of hydrogen-bond acceptors (Lipinski definition) is 1. The van der Waals surface area contributed by atoms with Crippen LogP contribution in [0, 0.1) is 0 Å². The molecule has 0 amide bonds. The van der Waals surface area contributed by atoms with E-state index in [1.807, 2.05) is 0 Å². The molecule has 0 bridgehead atoms. The zero-order valence-electron chi connectivity index (χ0n) is 11.1. The summed E-state index contributed by atoms with van der Waals surface area (Å²) in [6, 6.07) is 19.0. The number of aryl methyl sites for hydroxylation is 2. The number of nitrogens with one attached hydrogen (secondary N) is 1. The van der Waals surface area contributed by atoms with Gasteiger partial charge in [-0.1, -0.05) is 48.5 Å². The quantitative estimate of drug-likeness (QED) is 0.857. The van der Waals surface area contributed by atoms with E-state index in [1.165, 1.54) is 35.1 Å². The van der Waals surface area contributed by atoms with E-state index >= 15 is 0 Å². The third kappa shape index (κ3) is 2.08. The van der Waals surface area contributed by atoms with Gasteiger partial charge in [0.05, 0.1) is 6.04 Å². The molecule has 1 saturated carbocycles. The Labute approximate surface area is 114 Å². The van der Waals surface area contributed by atoms with Crippen LogP contribution in [0.3, 0.4) is 0 Å². The van der Waals surface area contributed by atoms with Gasteiger partial charge < -0.3 is 5.32 Å². The van der Waals surface area contributed by atoms with E-state index in [-0.39, 0.29) is 0 Å². The third-order valence-corrected chi connectivity index (χ3v) is 4.38. The van der Waals surface area contributed by atoms with E-state index in [4.69, 9.17) is 0 Å². The van der Waals surface area contributed by atoms with Crippen molar-refractivity contribution in [2.75, 3.05) is 0 Å². The van der Waals surface area contributed by atoms with E-state index in [9.17, 15) is 0 Å². The lowest BCUT2D eigenvalue weighted by Crippen LogP contribution is -2.25. The summed E-state index contributed by atoms with van der Waals surface area (Å²) in [5.41, 5.74) is 5.99. The molecule has 0 aromatic heterocycles. The lowest BCUT2D eigenvalue weighted by Gasteiger charge is -2.21. The van der Waals surface area contributed by atoms with Gasteiger partial charge in [0.2, 0.25) is 0 Å². The molecule has 1 nitrogen and oxygen atoms in total. The van der Waals surface area contributed by atoms with Crippen LogP contribution in [0.15, 0.2) is 48.5 Å². The molecule has 1 N–H and O–H groups in total. The molecule has 0 aliphatic heterocycles. The van der Waals surface area contributed by atoms with Crippen molar-refractivity contribution in [2.24, 2.45) is 0 Å². The average Bonchev–Trinajstić information content (AvgIpc) is 3.28. The van der Waals surface area contributed by atoms with Crippen LogP contribution in [0.25, 0.3) is 0 Å². The van der Waals surface area contributed by atoms with E-state index < -0.39 is 0 Å². The fraction of sp³-hybridized carbons (Fsp3) is 0.333. The van der Waals surface area contributed by atoms with E-state index in [1.54, 1.807) is 0 Å². The first-order valence-corrected chi connectivity index (χ1v) is 7.33. The second kappa shape index (κ2) is 4.50. The highest BCUT2D eigenvalue weighted by atomic mass is 15.0. The van der Waals surface area contributed by atoms with Crippen LogP contribution in [-0.2, 0) is 12.8 Å². The molecule has 2 aromatic carbocycles.